The molecule has 1 aliphatic rings. The summed E-state index contributed by atoms with van der Waals surface area (Å²) in [4.78, 5) is 13.3. The smallest absolute Gasteiger partial charge is 0.239 e. The SMILES string of the molecule is CCOCC(C)NC1CCN(C)C1=O. The highest BCUT2D eigenvalue weighted by Crippen LogP contribution is 2.09. The van der Waals surface area contributed by atoms with Crippen LogP contribution < -0.4 is 5.32 Å². The Morgan fingerprint density at radius 2 is 2.43 bits per heavy atom. The van der Waals surface area contributed by atoms with E-state index in [1.165, 1.54) is 0 Å². The lowest BCUT2D eigenvalue weighted by atomic mass is 10.2. The van der Waals surface area contributed by atoms with E-state index in [1.807, 2.05) is 20.9 Å². The Morgan fingerprint density at radius 3 is 2.93 bits per heavy atom. The second-order valence-electron chi connectivity index (χ2n) is 3.83. The lowest BCUT2D eigenvalue weighted by Crippen LogP contribution is -2.43. The molecule has 1 saturated heterocycles. The van der Waals surface area contributed by atoms with E-state index in [2.05, 4.69) is 5.32 Å². The highest BCUT2D eigenvalue weighted by molar-refractivity contribution is 5.83. The number of hydrogen-bond donors (Lipinski definition) is 1. The highest BCUT2D eigenvalue weighted by Gasteiger charge is 2.29. The first-order valence-electron chi connectivity index (χ1n) is 5.24. The van der Waals surface area contributed by atoms with Crippen LogP contribution in [0.15, 0.2) is 0 Å². The average Bonchev–Trinajstić information content (AvgIpc) is 2.46. The van der Waals surface area contributed by atoms with Gasteiger partial charge in [-0.05, 0) is 20.3 Å². The number of rotatable bonds is 5. The number of carbonyl (C=O) groups excluding carboxylic acids is 1. The van der Waals surface area contributed by atoms with Gasteiger partial charge in [-0.15, -0.1) is 0 Å². The second kappa shape index (κ2) is 5.32. The monoisotopic (exact) mass is 200 g/mol. The minimum absolute atomic E-state index is 0.00421. The molecule has 82 valence electrons. The maximum absolute atomic E-state index is 11.5. The zero-order chi connectivity index (χ0) is 10.6. The molecule has 0 aromatic rings. The van der Waals surface area contributed by atoms with Gasteiger partial charge < -0.3 is 15.0 Å². The van der Waals surface area contributed by atoms with Gasteiger partial charge in [-0.25, -0.2) is 0 Å². The van der Waals surface area contributed by atoms with Crippen LogP contribution in [0.1, 0.15) is 20.3 Å². The number of hydrogen-bond acceptors (Lipinski definition) is 3. The van der Waals surface area contributed by atoms with Crippen molar-refractivity contribution in [2.75, 3.05) is 26.8 Å². The van der Waals surface area contributed by atoms with Crippen LogP contribution in [0.4, 0.5) is 0 Å². The third kappa shape index (κ3) is 2.96. The van der Waals surface area contributed by atoms with E-state index in [9.17, 15) is 4.79 Å². The molecule has 0 aromatic carbocycles. The van der Waals surface area contributed by atoms with Crippen molar-refractivity contribution in [1.82, 2.24) is 10.2 Å². The molecule has 1 rings (SSSR count). The lowest BCUT2D eigenvalue weighted by Gasteiger charge is -2.18. The fourth-order valence-electron chi connectivity index (χ4n) is 1.66. The van der Waals surface area contributed by atoms with Crippen molar-refractivity contribution in [1.29, 1.82) is 0 Å². The van der Waals surface area contributed by atoms with Crippen LogP contribution in [-0.2, 0) is 9.53 Å². The van der Waals surface area contributed by atoms with Crippen LogP contribution in [0.2, 0.25) is 0 Å². The molecule has 0 saturated carbocycles. The van der Waals surface area contributed by atoms with E-state index in [4.69, 9.17) is 4.74 Å². The van der Waals surface area contributed by atoms with Gasteiger partial charge in [0.05, 0.1) is 12.6 Å². The lowest BCUT2D eigenvalue weighted by molar-refractivity contribution is -0.128. The molecular formula is C10H20N2O2. The van der Waals surface area contributed by atoms with Gasteiger partial charge in [0.15, 0.2) is 0 Å². The number of ether oxygens (including phenoxy) is 1. The molecule has 14 heavy (non-hydrogen) atoms. The van der Waals surface area contributed by atoms with E-state index >= 15 is 0 Å². The van der Waals surface area contributed by atoms with Gasteiger partial charge in [-0.3, -0.25) is 4.79 Å². The number of nitrogens with one attached hydrogen (secondary N) is 1. The summed E-state index contributed by atoms with van der Waals surface area (Å²) in [5.41, 5.74) is 0. The molecule has 1 amide bonds. The Kier molecular flexibility index (Phi) is 4.35. The summed E-state index contributed by atoms with van der Waals surface area (Å²) in [5, 5.41) is 3.28. The molecular weight excluding hydrogens is 180 g/mol. The summed E-state index contributed by atoms with van der Waals surface area (Å²) in [6.07, 6.45) is 0.909. The molecule has 0 radical (unpaired) electrons. The molecule has 0 spiro atoms. The van der Waals surface area contributed by atoms with Gasteiger partial charge in [-0.2, -0.15) is 0 Å². The molecule has 2 unspecified atom stereocenters. The predicted octanol–water partition coefficient (Wildman–Crippen LogP) is 0.232. The van der Waals surface area contributed by atoms with Gasteiger partial charge in [0, 0.05) is 26.2 Å². The van der Waals surface area contributed by atoms with Gasteiger partial charge in [0.25, 0.3) is 0 Å². The van der Waals surface area contributed by atoms with Crippen molar-refractivity contribution in [3.63, 3.8) is 0 Å². The first-order chi connectivity index (χ1) is 6.65. The maximum atomic E-state index is 11.5. The minimum atomic E-state index is -0.00421. The normalized spacial score (nSPS) is 24.4. The van der Waals surface area contributed by atoms with Gasteiger partial charge in [-0.1, -0.05) is 0 Å². The Morgan fingerprint density at radius 1 is 1.71 bits per heavy atom. The zero-order valence-corrected chi connectivity index (χ0v) is 9.25. The van der Waals surface area contributed by atoms with Crippen LogP contribution in [0, 0.1) is 0 Å². The van der Waals surface area contributed by atoms with E-state index in [0.717, 1.165) is 19.6 Å². The van der Waals surface area contributed by atoms with Crippen LogP contribution in [0.25, 0.3) is 0 Å². The Hall–Kier alpha value is -0.610. The molecule has 2 atom stereocenters. The van der Waals surface area contributed by atoms with Crippen molar-refractivity contribution in [3.05, 3.63) is 0 Å². The van der Waals surface area contributed by atoms with Gasteiger partial charge in [0.1, 0.15) is 0 Å². The Labute approximate surface area is 85.6 Å². The van der Waals surface area contributed by atoms with Crippen LogP contribution in [0.5, 0.6) is 0 Å². The molecule has 1 N–H and O–H groups in total. The number of amides is 1. The van der Waals surface area contributed by atoms with Crippen molar-refractivity contribution in [2.45, 2.75) is 32.4 Å². The predicted molar refractivity (Wildman–Crippen MR) is 55.1 cm³/mol. The average molecular weight is 200 g/mol. The zero-order valence-electron chi connectivity index (χ0n) is 9.25. The van der Waals surface area contributed by atoms with Crippen molar-refractivity contribution < 1.29 is 9.53 Å². The number of nitrogens with zero attached hydrogens (tertiary/aromatic N) is 1. The summed E-state index contributed by atoms with van der Waals surface area (Å²) in [5.74, 6) is 0.202. The van der Waals surface area contributed by atoms with Crippen LogP contribution >= 0.6 is 0 Å². The number of carbonyl (C=O) groups is 1. The summed E-state index contributed by atoms with van der Waals surface area (Å²) in [6, 6.07) is 0.242. The topological polar surface area (TPSA) is 41.6 Å². The highest BCUT2D eigenvalue weighted by atomic mass is 16.5. The maximum Gasteiger partial charge on any atom is 0.239 e. The minimum Gasteiger partial charge on any atom is -0.380 e. The molecule has 1 aliphatic heterocycles. The third-order valence-corrected chi connectivity index (χ3v) is 2.49. The van der Waals surface area contributed by atoms with Crippen molar-refractivity contribution >= 4 is 5.91 Å². The second-order valence-corrected chi connectivity index (χ2v) is 3.83. The summed E-state index contributed by atoms with van der Waals surface area (Å²) >= 11 is 0. The molecule has 1 fully saturated rings. The van der Waals surface area contributed by atoms with Gasteiger partial charge >= 0.3 is 0 Å². The molecule has 4 heteroatoms. The van der Waals surface area contributed by atoms with Crippen molar-refractivity contribution in [3.8, 4) is 0 Å². The van der Waals surface area contributed by atoms with Crippen LogP contribution in [-0.4, -0.2) is 49.7 Å². The molecule has 0 aliphatic carbocycles. The molecule has 0 bridgehead atoms. The number of likely N-dealkylation sites (tertiary alicyclic amines) is 1. The molecule has 4 nitrogen and oxygen atoms in total. The standard InChI is InChI=1S/C10H20N2O2/c1-4-14-7-8(2)11-9-5-6-12(3)10(9)13/h8-9,11H,4-7H2,1-3H3. The van der Waals surface area contributed by atoms with E-state index in [-0.39, 0.29) is 18.0 Å². The largest absolute Gasteiger partial charge is 0.380 e. The molecule has 0 aromatic heterocycles. The quantitative estimate of drug-likeness (QED) is 0.691. The molecule has 1 heterocycles. The summed E-state index contributed by atoms with van der Waals surface area (Å²) in [6.45, 7) is 6.27. The third-order valence-electron chi connectivity index (χ3n) is 2.49. The van der Waals surface area contributed by atoms with Gasteiger partial charge in [0.2, 0.25) is 5.91 Å². The number of likely N-dealkylation sites (N-methyl/N-ethyl adjacent to an activating group) is 1. The van der Waals surface area contributed by atoms with E-state index in [0.29, 0.717) is 6.61 Å². The van der Waals surface area contributed by atoms with Crippen molar-refractivity contribution in [2.24, 2.45) is 0 Å². The van der Waals surface area contributed by atoms with E-state index in [1.54, 1.807) is 4.90 Å². The Balaban J connectivity index is 2.26. The summed E-state index contributed by atoms with van der Waals surface area (Å²) < 4.78 is 5.28. The fourth-order valence-corrected chi connectivity index (χ4v) is 1.66. The first-order valence-corrected chi connectivity index (χ1v) is 5.24. The van der Waals surface area contributed by atoms with E-state index < -0.39 is 0 Å². The summed E-state index contributed by atoms with van der Waals surface area (Å²) in [7, 11) is 1.84. The first kappa shape index (κ1) is 11.5. The fraction of sp³-hybridized carbons (Fsp3) is 0.900. The van der Waals surface area contributed by atoms with Crippen LogP contribution in [0.3, 0.4) is 0 Å². The Bertz CT molecular complexity index is 197.